The summed E-state index contributed by atoms with van der Waals surface area (Å²) in [4.78, 5) is 0. The molecule has 50 heavy (non-hydrogen) atoms. The fourth-order valence-electron chi connectivity index (χ4n) is 4.95. The third-order valence-electron chi connectivity index (χ3n) is 7.56. The molecule has 0 radical (unpaired) electrons. The quantitative estimate of drug-likeness (QED) is 0.0812. The van der Waals surface area contributed by atoms with E-state index >= 15 is 0 Å². The van der Waals surface area contributed by atoms with Gasteiger partial charge in [-0.25, -0.2) is 0 Å². The van der Waals surface area contributed by atoms with Crippen molar-refractivity contribution < 1.29 is 42.6 Å². The molecule has 0 saturated carbocycles. The van der Waals surface area contributed by atoms with Crippen LogP contribution in [-0.4, -0.2) is 111 Å². The van der Waals surface area contributed by atoms with Crippen molar-refractivity contribution >= 4 is 28.2 Å². The van der Waals surface area contributed by atoms with Crippen molar-refractivity contribution in [3.8, 4) is 28.4 Å². The SMILES string of the molecule is COCCOCCOCCOCCOCCOCCOc1ccc(Cl)cc1-c1ccc2c(NCc3ccc(OC)cc3OC)nnc(C)c2c1. The highest BCUT2D eigenvalue weighted by atomic mass is 35.5. The summed E-state index contributed by atoms with van der Waals surface area (Å²) < 4.78 is 49.5. The van der Waals surface area contributed by atoms with Gasteiger partial charge in [-0.1, -0.05) is 17.7 Å². The van der Waals surface area contributed by atoms with Crippen molar-refractivity contribution in [1.29, 1.82) is 0 Å². The molecular formula is C37H48ClN3O9. The standard InChI is InChI=1S/C37H48ClN3O9/c1-27-33-23-28(6-9-32(33)37(41-40-27)39-26-29-5-8-31(43-3)25-36(29)44-4)34-24-30(38)7-10-35(34)50-22-21-49-20-19-48-18-17-47-16-15-46-14-13-45-12-11-42-2/h5-10,23-25H,11-22,26H2,1-4H3,(H,39,41). The van der Waals surface area contributed by atoms with E-state index in [0.717, 1.165) is 44.7 Å². The minimum atomic E-state index is 0.371. The molecule has 0 aliphatic carbocycles. The largest absolute Gasteiger partial charge is 0.497 e. The second kappa shape index (κ2) is 22.1. The van der Waals surface area contributed by atoms with Crippen LogP contribution in [0.4, 0.5) is 5.82 Å². The summed E-state index contributed by atoms with van der Waals surface area (Å²) in [5, 5.41) is 14.8. The summed E-state index contributed by atoms with van der Waals surface area (Å²) in [5.74, 6) is 2.84. The molecule has 0 aliphatic heterocycles. The van der Waals surface area contributed by atoms with E-state index in [1.54, 1.807) is 21.3 Å². The van der Waals surface area contributed by atoms with E-state index in [1.807, 2.05) is 55.5 Å². The molecule has 0 fully saturated rings. The maximum absolute atomic E-state index is 6.43. The molecule has 0 atom stereocenters. The molecule has 0 unspecified atom stereocenters. The summed E-state index contributed by atoms with van der Waals surface area (Å²) in [6.07, 6.45) is 0. The number of benzene rings is 3. The number of fused-ring (bicyclic) bond motifs is 1. The maximum Gasteiger partial charge on any atom is 0.156 e. The van der Waals surface area contributed by atoms with Gasteiger partial charge in [0, 0.05) is 46.6 Å². The number of hydrogen-bond acceptors (Lipinski definition) is 12. The van der Waals surface area contributed by atoms with E-state index in [2.05, 4.69) is 21.6 Å². The number of aryl methyl sites for hydroxylation is 1. The van der Waals surface area contributed by atoms with Gasteiger partial charge in [0.15, 0.2) is 5.82 Å². The highest BCUT2D eigenvalue weighted by Crippen LogP contribution is 2.36. The van der Waals surface area contributed by atoms with Crippen molar-refractivity contribution in [3.05, 3.63) is 70.9 Å². The molecule has 0 saturated heterocycles. The average molecular weight is 714 g/mol. The average Bonchev–Trinajstić information content (AvgIpc) is 3.14. The number of nitrogens with zero attached hydrogens (tertiary/aromatic N) is 2. The van der Waals surface area contributed by atoms with Gasteiger partial charge in [-0.05, 0) is 55.0 Å². The van der Waals surface area contributed by atoms with Crippen LogP contribution in [0, 0.1) is 6.92 Å². The van der Waals surface area contributed by atoms with Gasteiger partial charge < -0.3 is 47.9 Å². The van der Waals surface area contributed by atoms with E-state index in [4.69, 9.17) is 54.2 Å². The summed E-state index contributed by atoms with van der Waals surface area (Å²) in [6.45, 7) is 8.38. The molecule has 0 aliphatic rings. The van der Waals surface area contributed by atoms with Crippen LogP contribution in [0.15, 0.2) is 54.6 Å². The van der Waals surface area contributed by atoms with Gasteiger partial charge >= 0.3 is 0 Å². The normalized spacial score (nSPS) is 11.2. The maximum atomic E-state index is 6.43. The minimum absolute atomic E-state index is 0.371. The number of anilines is 1. The van der Waals surface area contributed by atoms with Crippen LogP contribution in [0.5, 0.6) is 17.2 Å². The number of aromatic nitrogens is 2. The molecule has 0 spiro atoms. The fraction of sp³-hybridized carbons (Fsp3) is 0.459. The number of ether oxygens (including phenoxy) is 9. The first-order chi connectivity index (χ1) is 24.5. The number of hydrogen-bond donors (Lipinski definition) is 1. The Labute approximate surface area is 299 Å². The lowest BCUT2D eigenvalue weighted by Gasteiger charge is -2.15. The van der Waals surface area contributed by atoms with Gasteiger partial charge in [-0.15, -0.1) is 5.10 Å². The van der Waals surface area contributed by atoms with Crippen molar-refractivity contribution in [2.75, 3.05) is 106 Å². The van der Waals surface area contributed by atoms with E-state index in [1.165, 1.54) is 0 Å². The highest BCUT2D eigenvalue weighted by Gasteiger charge is 2.13. The fourth-order valence-corrected chi connectivity index (χ4v) is 5.12. The lowest BCUT2D eigenvalue weighted by Crippen LogP contribution is -2.14. The van der Waals surface area contributed by atoms with Crippen LogP contribution < -0.4 is 19.5 Å². The number of nitrogens with one attached hydrogen (secondary N) is 1. The van der Waals surface area contributed by atoms with Crippen LogP contribution in [0.25, 0.3) is 21.9 Å². The zero-order valence-electron chi connectivity index (χ0n) is 29.3. The van der Waals surface area contributed by atoms with Crippen molar-refractivity contribution in [2.45, 2.75) is 13.5 Å². The molecular weight excluding hydrogens is 666 g/mol. The predicted molar refractivity (Wildman–Crippen MR) is 193 cm³/mol. The Morgan fingerprint density at radius 2 is 1.24 bits per heavy atom. The smallest absolute Gasteiger partial charge is 0.156 e. The van der Waals surface area contributed by atoms with Crippen LogP contribution in [0.1, 0.15) is 11.3 Å². The molecule has 3 aromatic carbocycles. The molecule has 13 heteroatoms. The molecule has 272 valence electrons. The molecule has 4 rings (SSSR count). The number of halogens is 1. The van der Waals surface area contributed by atoms with Gasteiger partial charge in [0.25, 0.3) is 0 Å². The Hall–Kier alpha value is -3.75. The van der Waals surface area contributed by atoms with Crippen molar-refractivity contribution in [3.63, 3.8) is 0 Å². The molecule has 4 aromatic rings. The topological polar surface area (TPSA) is 121 Å². The summed E-state index contributed by atoms with van der Waals surface area (Å²) in [7, 11) is 4.91. The molecule has 12 nitrogen and oxygen atoms in total. The van der Waals surface area contributed by atoms with Gasteiger partial charge in [0.05, 0.1) is 92.6 Å². The Kier molecular flexibility index (Phi) is 17.3. The molecule has 0 amide bonds. The highest BCUT2D eigenvalue weighted by molar-refractivity contribution is 6.31. The van der Waals surface area contributed by atoms with Gasteiger partial charge in [-0.2, -0.15) is 5.10 Å². The van der Waals surface area contributed by atoms with Crippen LogP contribution >= 0.6 is 11.6 Å². The first kappa shape index (κ1) is 39.0. The first-order valence-corrected chi connectivity index (χ1v) is 16.9. The Morgan fingerprint density at radius 1 is 0.600 bits per heavy atom. The molecule has 1 N–H and O–H groups in total. The zero-order valence-corrected chi connectivity index (χ0v) is 30.1. The van der Waals surface area contributed by atoms with Crippen LogP contribution in [-0.2, 0) is 35.0 Å². The number of methoxy groups -OCH3 is 3. The third kappa shape index (κ3) is 12.5. The van der Waals surface area contributed by atoms with E-state index in [9.17, 15) is 0 Å². The van der Waals surface area contributed by atoms with E-state index < -0.39 is 0 Å². The summed E-state index contributed by atoms with van der Waals surface area (Å²) in [6, 6.07) is 17.5. The third-order valence-corrected chi connectivity index (χ3v) is 7.80. The zero-order chi connectivity index (χ0) is 35.4. The first-order valence-electron chi connectivity index (χ1n) is 16.6. The lowest BCUT2D eigenvalue weighted by molar-refractivity contribution is -0.0159. The van der Waals surface area contributed by atoms with Gasteiger partial charge in [0.2, 0.25) is 0 Å². The summed E-state index contributed by atoms with van der Waals surface area (Å²) in [5.41, 5.74) is 3.60. The molecule has 0 bridgehead atoms. The van der Waals surface area contributed by atoms with Gasteiger partial charge in [-0.3, -0.25) is 0 Å². The van der Waals surface area contributed by atoms with E-state index in [0.29, 0.717) is 102 Å². The van der Waals surface area contributed by atoms with Crippen molar-refractivity contribution in [2.24, 2.45) is 0 Å². The van der Waals surface area contributed by atoms with E-state index in [-0.39, 0.29) is 0 Å². The second-order valence-electron chi connectivity index (χ2n) is 11.0. The number of rotatable bonds is 25. The Balaban J connectivity index is 1.21. The van der Waals surface area contributed by atoms with Crippen LogP contribution in [0.2, 0.25) is 5.02 Å². The minimum Gasteiger partial charge on any atom is -0.497 e. The monoisotopic (exact) mass is 713 g/mol. The molecule has 1 aromatic heterocycles. The van der Waals surface area contributed by atoms with Gasteiger partial charge in [0.1, 0.15) is 23.9 Å². The second-order valence-corrected chi connectivity index (χ2v) is 11.4. The Morgan fingerprint density at radius 3 is 1.86 bits per heavy atom. The lowest BCUT2D eigenvalue weighted by atomic mass is 10.00. The summed E-state index contributed by atoms with van der Waals surface area (Å²) >= 11 is 6.43. The predicted octanol–water partition coefficient (Wildman–Crippen LogP) is 6.00. The van der Waals surface area contributed by atoms with Crippen molar-refractivity contribution in [1.82, 2.24) is 10.2 Å². The Bertz CT molecular complexity index is 1590. The molecule has 1 heterocycles. The van der Waals surface area contributed by atoms with Crippen LogP contribution in [0.3, 0.4) is 0 Å².